The highest BCUT2D eigenvalue weighted by atomic mass is 32.2. The normalized spacial score (nSPS) is 33.4. The van der Waals surface area contributed by atoms with Gasteiger partial charge in [0.2, 0.25) is 0 Å². The summed E-state index contributed by atoms with van der Waals surface area (Å²) >= 11 is 0. The predicted molar refractivity (Wildman–Crippen MR) is 78.2 cm³/mol. The zero-order valence-electron chi connectivity index (χ0n) is 12.0. The molecule has 0 aliphatic carbocycles. The number of nitrogens with zero attached hydrogens (tertiary/aromatic N) is 2. The molecule has 0 saturated carbocycles. The summed E-state index contributed by atoms with van der Waals surface area (Å²) in [4.78, 5) is 4.27. The number of hydrogen-bond acceptors (Lipinski definition) is 4. The van der Waals surface area contributed by atoms with Crippen LogP contribution in [0.2, 0.25) is 0 Å². The van der Waals surface area contributed by atoms with E-state index in [-0.39, 0.29) is 5.92 Å². The third-order valence-electron chi connectivity index (χ3n) is 4.50. The molecule has 0 bridgehead atoms. The third kappa shape index (κ3) is 3.06. The second-order valence-corrected chi connectivity index (χ2v) is 8.52. The van der Waals surface area contributed by atoms with Crippen molar-refractivity contribution in [3.05, 3.63) is 18.2 Å². The van der Waals surface area contributed by atoms with Gasteiger partial charge in [0.15, 0.2) is 9.84 Å². The van der Waals surface area contributed by atoms with Gasteiger partial charge in [-0.05, 0) is 38.5 Å². The van der Waals surface area contributed by atoms with Crippen LogP contribution < -0.4 is 5.32 Å². The number of aromatic nitrogens is 2. The van der Waals surface area contributed by atoms with Crippen molar-refractivity contribution in [2.75, 3.05) is 11.5 Å². The molecule has 5 nitrogen and oxygen atoms in total. The maximum atomic E-state index is 11.6. The maximum Gasteiger partial charge on any atom is 0.150 e. The highest BCUT2D eigenvalue weighted by molar-refractivity contribution is 7.91. The Morgan fingerprint density at radius 3 is 2.95 bits per heavy atom. The van der Waals surface area contributed by atoms with E-state index in [1.165, 1.54) is 18.5 Å². The number of piperidine rings is 1. The van der Waals surface area contributed by atoms with Crippen molar-refractivity contribution in [1.29, 1.82) is 0 Å². The van der Waals surface area contributed by atoms with Gasteiger partial charge in [-0.25, -0.2) is 13.4 Å². The molecule has 2 aliphatic rings. The Morgan fingerprint density at radius 1 is 1.40 bits per heavy atom. The van der Waals surface area contributed by atoms with E-state index in [4.69, 9.17) is 0 Å². The van der Waals surface area contributed by atoms with Crippen molar-refractivity contribution in [2.24, 2.45) is 5.92 Å². The van der Waals surface area contributed by atoms with Gasteiger partial charge in [0, 0.05) is 24.8 Å². The van der Waals surface area contributed by atoms with Crippen LogP contribution in [-0.4, -0.2) is 35.5 Å². The zero-order valence-corrected chi connectivity index (χ0v) is 12.8. The number of imidazole rings is 1. The van der Waals surface area contributed by atoms with E-state index in [9.17, 15) is 8.42 Å². The molecule has 3 atom stereocenters. The van der Waals surface area contributed by atoms with Crippen LogP contribution in [0.5, 0.6) is 0 Å². The summed E-state index contributed by atoms with van der Waals surface area (Å²) in [6.07, 6.45) is 8.17. The fourth-order valence-corrected chi connectivity index (χ4v) is 5.29. The standard InChI is InChI=1S/C14H23N3O2S/c1-11-3-2-4-13(16-11)14-7-15-10-17(14)8-12-5-6-20(18,19)9-12/h7,10-13,16H,2-6,8-9H2,1H3. The second-order valence-electron chi connectivity index (χ2n) is 6.29. The van der Waals surface area contributed by atoms with Crippen molar-refractivity contribution in [3.8, 4) is 0 Å². The Morgan fingerprint density at radius 2 is 2.25 bits per heavy atom. The molecule has 6 heteroatoms. The molecule has 2 fully saturated rings. The number of nitrogens with one attached hydrogen (secondary N) is 1. The monoisotopic (exact) mass is 297 g/mol. The molecule has 0 spiro atoms. The Labute approximate surface area is 120 Å². The SMILES string of the molecule is CC1CCCC(c2cncn2CC2CCS(=O)(=O)C2)N1. The van der Waals surface area contributed by atoms with Gasteiger partial charge in [-0.15, -0.1) is 0 Å². The Kier molecular flexibility index (Phi) is 3.86. The van der Waals surface area contributed by atoms with Crippen molar-refractivity contribution in [3.63, 3.8) is 0 Å². The fraction of sp³-hybridized carbons (Fsp3) is 0.786. The molecule has 0 radical (unpaired) electrons. The molecule has 20 heavy (non-hydrogen) atoms. The molecule has 1 N–H and O–H groups in total. The van der Waals surface area contributed by atoms with Crippen LogP contribution in [0.25, 0.3) is 0 Å². The number of hydrogen-bond donors (Lipinski definition) is 1. The lowest BCUT2D eigenvalue weighted by atomic mass is 9.97. The molecule has 2 saturated heterocycles. The molecule has 2 aliphatic heterocycles. The zero-order chi connectivity index (χ0) is 14.2. The molecule has 3 unspecified atom stereocenters. The molecule has 112 valence electrons. The van der Waals surface area contributed by atoms with E-state index in [1.807, 2.05) is 12.5 Å². The largest absolute Gasteiger partial charge is 0.333 e. The summed E-state index contributed by atoms with van der Waals surface area (Å²) in [5.41, 5.74) is 1.21. The lowest BCUT2D eigenvalue weighted by molar-refractivity contribution is 0.324. The Hall–Kier alpha value is -0.880. The molecule has 1 aromatic heterocycles. The minimum atomic E-state index is -2.79. The van der Waals surface area contributed by atoms with E-state index in [2.05, 4.69) is 21.8 Å². The van der Waals surface area contributed by atoms with Crippen LogP contribution in [0, 0.1) is 5.92 Å². The van der Waals surface area contributed by atoms with E-state index < -0.39 is 9.84 Å². The van der Waals surface area contributed by atoms with Crippen molar-refractivity contribution in [2.45, 2.75) is 51.2 Å². The maximum absolute atomic E-state index is 11.6. The van der Waals surface area contributed by atoms with Gasteiger partial charge < -0.3 is 9.88 Å². The Balaban J connectivity index is 1.70. The first-order valence-corrected chi connectivity index (χ1v) is 9.32. The smallest absolute Gasteiger partial charge is 0.150 e. The summed E-state index contributed by atoms with van der Waals surface area (Å²) in [5, 5.41) is 3.62. The van der Waals surface area contributed by atoms with Gasteiger partial charge in [0.25, 0.3) is 0 Å². The molecule has 0 amide bonds. The topological polar surface area (TPSA) is 64.0 Å². The van der Waals surface area contributed by atoms with Gasteiger partial charge >= 0.3 is 0 Å². The summed E-state index contributed by atoms with van der Waals surface area (Å²) in [6, 6.07) is 0.906. The summed E-state index contributed by atoms with van der Waals surface area (Å²) in [6.45, 7) is 3.00. The fourth-order valence-electron chi connectivity index (χ4n) is 3.44. The van der Waals surface area contributed by atoms with E-state index in [0.717, 1.165) is 19.4 Å². The third-order valence-corrected chi connectivity index (χ3v) is 6.34. The van der Waals surface area contributed by atoms with Gasteiger partial charge in [-0.3, -0.25) is 0 Å². The molecule has 1 aromatic rings. The van der Waals surface area contributed by atoms with Crippen molar-refractivity contribution >= 4 is 9.84 Å². The van der Waals surface area contributed by atoms with Crippen LogP contribution >= 0.6 is 0 Å². The van der Waals surface area contributed by atoms with Crippen LogP contribution in [0.15, 0.2) is 12.5 Å². The quantitative estimate of drug-likeness (QED) is 0.919. The highest BCUT2D eigenvalue weighted by Gasteiger charge is 2.29. The average Bonchev–Trinajstić information content (AvgIpc) is 2.96. The number of rotatable bonds is 3. The van der Waals surface area contributed by atoms with Gasteiger partial charge in [0.1, 0.15) is 0 Å². The predicted octanol–water partition coefficient (Wildman–Crippen LogP) is 1.52. The average molecular weight is 297 g/mol. The first-order valence-electron chi connectivity index (χ1n) is 7.50. The first-order chi connectivity index (χ1) is 9.53. The molecule has 3 rings (SSSR count). The van der Waals surface area contributed by atoms with E-state index in [1.54, 1.807) is 0 Å². The number of sulfone groups is 1. The van der Waals surface area contributed by atoms with Gasteiger partial charge in [-0.1, -0.05) is 0 Å². The van der Waals surface area contributed by atoms with Gasteiger partial charge in [0.05, 0.1) is 23.5 Å². The molecule has 3 heterocycles. The molecule has 0 aromatic carbocycles. The van der Waals surface area contributed by atoms with Crippen LogP contribution in [-0.2, 0) is 16.4 Å². The second kappa shape index (κ2) is 5.48. The Bertz CT molecular complexity index is 567. The minimum absolute atomic E-state index is 0.244. The minimum Gasteiger partial charge on any atom is -0.333 e. The van der Waals surface area contributed by atoms with E-state index in [0.29, 0.717) is 23.6 Å². The summed E-state index contributed by atoms with van der Waals surface area (Å²) in [5.74, 6) is 0.924. The van der Waals surface area contributed by atoms with Crippen molar-refractivity contribution < 1.29 is 8.42 Å². The highest BCUT2D eigenvalue weighted by Crippen LogP contribution is 2.27. The van der Waals surface area contributed by atoms with Gasteiger partial charge in [-0.2, -0.15) is 0 Å². The van der Waals surface area contributed by atoms with Crippen LogP contribution in [0.3, 0.4) is 0 Å². The first kappa shape index (κ1) is 14.1. The van der Waals surface area contributed by atoms with Crippen LogP contribution in [0.1, 0.15) is 44.3 Å². The van der Waals surface area contributed by atoms with Crippen LogP contribution in [0.4, 0.5) is 0 Å². The lowest BCUT2D eigenvalue weighted by Crippen LogP contribution is -2.35. The summed E-state index contributed by atoms with van der Waals surface area (Å²) < 4.78 is 25.3. The molecular formula is C14H23N3O2S. The summed E-state index contributed by atoms with van der Waals surface area (Å²) in [7, 11) is -2.79. The lowest BCUT2D eigenvalue weighted by Gasteiger charge is -2.29. The van der Waals surface area contributed by atoms with E-state index >= 15 is 0 Å². The van der Waals surface area contributed by atoms with Crippen molar-refractivity contribution in [1.82, 2.24) is 14.9 Å². The molecular weight excluding hydrogens is 274 g/mol.